The van der Waals surface area contributed by atoms with Crippen LogP contribution in [0.15, 0.2) is 48.7 Å². The number of nitro groups is 1. The number of hydrogen-bond donors (Lipinski definition) is 1. The van der Waals surface area contributed by atoms with Crippen LogP contribution in [0.4, 0.5) is 11.4 Å². The summed E-state index contributed by atoms with van der Waals surface area (Å²) in [5.41, 5.74) is -0.0724. The van der Waals surface area contributed by atoms with Crippen LogP contribution in [0.2, 0.25) is 0 Å². The second kappa shape index (κ2) is 9.27. The van der Waals surface area contributed by atoms with Gasteiger partial charge in [-0.2, -0.15) is 10.4 Å². The smallest absolute Gasteiger partial charge is 0.276 e. The van der Waals surface area contributed by atoms with E-state index in [1.807, 2.05) is 6.07 Å². The molecule has 0 unspecified atom stereocenters. The second-order valence-corrected chi connectivity index (χ2v) is 6.06. The van der Waals surface area contributed by atoms with Crippen molar-refractivity contribution in [1.29, 1.82) is 5.26 Å². The first-order valence-electron chi connectivity index (χ1n) is 8.84. The number of para-hydroxylation sites is 1. The van der Waals surface area contributed by atoms with Gasteiger partial charge in [-0.05, 0) is 24.3 Å². The molecule has 0 aliphatic carbocycles. The number of ether oxygens (including phenoxy) is 3. The van der Waals surface area contributed by atoms with Gasteiger partial charge >= 0.3 is 0 Å². The monoisotopic (exact) mass is 423 g/mol. The Morgan fingerprint density at radius 1 is 1.23 bits per heavy atom. The molecule has 3 aromatic rings. The number of rotatable bonds is 8. The van der Waals surface area contributed by atoms with E-state index in [2.05, 4.69) is 10.4 Å². The van der Waals surface area contributed by atoms with Gasteiger partial charge < -0.3 is 19.5 Å². The molecule has 0 atom stereocenters. The number of non-ortho nitro benzene ring substituents is 1. The van der Waals surface area contributed by atoms with Crippen molar-refractivity contribution in [3.8, 4) is 23.3 Å². The van der Waals surface area contributed by atoms with Crippen LogP contribution in [-0.2, 0) is 6.73 Å². The average molecular weight is 423 g/mol. The van der Waals surface area contributed by atoms with Crippen molar-refractivity contribution in [1.82, 2.24) is 9.78 Å². The molecule has 0 radical (unpaired) electrons. The van der Waals surface area contributed by atoms with Gasteiger partial charge in [0.1, 0.15) is 6.07 Å². The summed E-state index contributed by atoms with van der Waals surface area (Å²) in [7, 11) is 3.01. The number of hydrogen-bond acceptors (Lipinski definition) is 8. The highest BCUT2D eigenvalue weighted by Crippen LogP contribution is 2.36. The number of nitriles is 1. The van der Waals surface area contributed by atoms with Crippen molar-refractivity contribution in [2.24, 2.45) is 0 Å². The predicted molar refractivity (Wildman–Crippen MR) is 108 cm³/mol. The molecule has 1 N–H and O–H groups in total. The fourth-order valence-electron chi connectivity index (χ4n) is 2.68. The van der Waals surface area contributed by atoms with Crippen LogP contribution in [0.5, 0.6) is 17.2 Å². The van der Waals surface area contributed by atoms with Gasteiger partial charge in [0.05, 0.1) is 30.4 Å². The van der Waals surface area contributed by atoms with E-state index < -0.39 is 10.8 Å². The van der Waals surface area contributed by atoms with E-state index in [4.69, 9.17) is 14.2 Å². The lowest BCUT2D eigenvalue weighted by Crippen LogP contribution is -2.15. The van der Waals surface area contributed by atoms with Crippen LogP contribution in [0, 0.1) is 21.4 Å². The summed E-state index contributed by atoms with van der Waals surface area (Å²) < 4.78 is 17.6. The molecule has 11 nitrogen and oxygen atoms in total. The Morgan fingerprint density at radius 3 is 2.55 bits per heavy atom. The van der Waals surface area contributed by atoms with Gasteiger partial charge in [0.15, 0.2) is 23.9 Å². The molecular formula is C20H17N5O6. The Balaban J connectivity index is 1.71. The Kier molecular flexibility index (Phi) is 6.32. The standard InChI is InChI=1S/C20H17N5O6/c1-29-17-4-3-5-18(30-2)19(17)31-12-24-9-8-16(23-24)20(26)22-15-7-6-14(25(27)28)10-13(15)11-21/h3-10H,12H2,1-2H3,(H,22,26). The third-order valence-corrected chi connectivity index (χ3v) is 4.18. The van der Waals surface area contributed by atoms with E-state index in [0.717, 1.165) is 6.07 Å². The molecule has 0 bridgehead atoms. The van der Waals surface area contributed by atoms with Crippen molar-refractivity contribution in [2.45, 2.75) is 6.73 Å². The molecule has 0 fully saturated rings. The Morgan fingerprint density at radius 2 is 1.94 bits per heavy atom. The minimum atomic E-state index is -0.620. The number of aromatic nitrogens is 2. The highest BCUT2D eigenvalue weighted by atomic mass is 16.6. The summed E-state index contributed by atoms with van der Waals surface area (Å²) in [5.74, 6) is 0.760. The highest BCUT2D eigenvalue weighted by Gasteiger charge is 2.16. The first kappa shape index (κ1) is 21.1. The molecule has 1 heterocycles. The lowest BCUT2D eigenvalue weighted by Gasteiger charge is -2.13. The topological polar surface area (TPSA) is 142 Å². The van der Waals surface area contributed by atoms with Crippen LogP contribution in [0.3, 0.4) is 0 Å². The number of benzene rings is 2. The lowest BCUT2D eigenvalue weighted by molar-refractivity contribution is -0.384. The maximum atomic E-state index is 12.5. The highest BCUT2D eigenvalue weighted by molar-refractivity contribution is 6.03. The summed E-state index contributed by atoms with van der Waals surface area (Å²) in [6.07, 6.45) is 1.54. The van der Waals surface area contributed by atoms with Crippen molar-refractivity contribution >= 4 is 17.3 Å². The molecule has 0 spiro atoms. The molecule has 158 valence electrons. The van der Waals surface area contributed by atoms with Crippen molar-refractivity contribution < 1.29 is 23.9 Å². The van der Waals surface area contributed by atoms with E-state index in [0.29, 0.717) is 17.2 Å². The van der Waals surface area contributed by atoms with Crippen LogP contribution < -0.4 is 19.5 Å². The Hall–Kier alpha value is -4.59. The van der Waals surface area contributed by atoms with Gasteiger partial charge in [0.25, 0.3) is 11.6 Å². The number of carbonyl (C=O) groups excluding carboxylic acids is 1. The number of nitrogens with zero attached hydrogens (tertiary/aromatic N) is 4. The van der Waals surface area contributed by atoms with Crippen LogP contribution in [0.25, 0.3) is 0 Å². The van der Waals surface area contributed by atoms with E-state index in [1.54, 1.807) is 18.2 Å². The summed E-state index contributed by atoms with van der Waals surface area (Å²) in [4.78, 5) is 22.7. The molecule has 1 aromatic heterocycles. The number of anilines is 1. The van der Waals surface area contributed by atoms with Crippen LogP contribution >= 0.6 is 0 Å². The Labute approximate surface area is 176 Å². The van der Waals surface area contributed by atoms with Crippen LogP contribution in [-0.4, -0.2) is 34.8 Å². The largest absolute Gasteiger partial charge is 0.493 e. The Bertz CT molecular complexity index is 1140. The number of nitrogens with one attached hydrogen (secondary N) is 1. The molecule has 0 aliphatic heterocycles. The summed E-state index contributed by atoms with van der Waals surface area (Å²) >= 11 is 0. The zero-order valence-electron chi connectivity index (χ0n) is 16.6. The first-order chi connectivity index (χ1) is 15.0. The summed E-state index contributed by atoms with van der Waals surface area (Å²) in [6, 6.07) is 12.1. The SMILES string of the molecule is COc1cccc(OC)c1OCn1ccc(C(=O)Nc2ccc([N+](=O)[O-])cc2C#N)n1. The number of carbonyl (C=O) groups is 1. The van der Waals surface area contributed by atoms with Gasteiger partial charge in [-0.1, -0.05) is 6.07 Å². The molecule has 0 saturated heterocycles. The van der Waals surface area contributed by atoms with Crippen molar-refractivity contribution in [2.75, 3.05) is 19.5 Å². The second-order valence-electron chi connectivity index (χ2n) is 6.06. The molecular weight excluding hydrogens is 406 g/mol. The van der Waals surface area contributed by atoms with Gasteiger partial charge in [-0.3, -0.25) is 14.9 Å². The molecule has 31 heavy (non-hydrogen) atoms. The van der Waals surface area contributed by atoms with E-state index >= 15 is 0 Å². The molecule has 1 amide bonds. The lowest BCUT2D eigenvalue weighted by atomic mass is 10.1. The molecule has 11 heteroatoms. The van der Waals surface area contributed by atoms with E-state index in [9.17, 15) is 20.2 Å². The zero-order chi connectivity index (χ0) is 22.4. The summed E-state index contributed by atoms with van der Waals surface area (Å²) in [5, 5.41) is 26.7. The van der Waals surface area contributed by atoms with Crippen LogP contribution in [0.1, 0.15) is 16.1 Å². The minimum absolute atomic E-state index is 0.0228. The molecule has 2 aromatic carbocycles. The van der Waals surface area contributed by atoms with Crippen molar-refractivity contribution in [3.05, 3.63) is 70.0 Å². The molecule has 0 saturated carbocycles. The van der Waals surface area contributed by atoms with E-state index in [1.165, 1.54) is 43.3 Å². The quantitative estimate of drug-likeness (QED) is 0.430. The maximum Gasteiger partial charge on any atom is 0.276 e. The minimum Gasteiger partial charge on any atom is -0.493 e. The molecule has 3 rings (SSSR count). The molecule has 0 aliphatic rings. The fraction of sp³-hybridized carbons (Fsp3) is 0.150. The van der Waals surface area contributed by atoms with Crippen molar-refractivity contribution in [3.63, 3.8) is 0 Å². The van der Waals surface area contributed by atoms with Gasteiger partial charge in [0.2, 0.25) is 5.75 Å². The third kappa shape index (κ3) is 4.70. The number of methoxy groups -OCH3 is 2. The fourth-order valence-corrected chi connectivity index (χ4v) is 2.68. The maximum absolute atomic E-state index is 12.5. The number of nitro benzene ring substituents is 1. The normalized spacial score (nSPS) is 10.1. The number of amides is 1. The zero-order valence-corrected chi connectivity index (χ0v) is 16.6. The average Bonchev–Trinajstić information content (AvgIpc) is 3.26. The van der Waals surface area contributed by atoms with Gasteiger partial charge in [0, 0.05) is 18.3 Å². The third-order valence-electron chi connectivity index (χ3n) is 4.18. The van der Waals surface area contributed by atoms with E-state index in [-0.39, 0.29) is 29.4 Å². The first-order valence-corrected chi connectivity index (χ1v) is 8.84. The van der Waals surface area contributed by atoms with Gasteiger partial charge in [-0.25, -0.2) is 4.68 Å². The predicted octanol–water partition coefficient (Wildman–Crippen LogP) is 2.97. The van der Waals surface area contributed by atoms with Gasteiger partial charge in [-0.15, -0.1) is 0 Å². The summed E-state index contributed by atoms with van der Waals surface area (Å²) in [6.45, 7) is -0.0228.